The molecule has 0 spiro atoms. The Morgan fingerprint density at radius 3 is 2.80 bits per heavy atom. The van der Waals surface area contributed by atoms with Crippen LogP contribution in [0.1, 0.15) is 32.1 Å². The van der Waals surface area contributed by atoms with Crippen molar-refractivity contribution in [1.82, 2.24) is 19.3 Å². The summed E-state index contributed by atoms with van der Waals surface area (Å²) in [7, 11) is 1.81. The summed E-state index contributed by atoms with van der Waals surface area (Å²) in [6.07, 6.45) is 9.45. The molecule has 1 fully saturated rings. The number of fused-ring (bicyclic) bond motifs is 1. The largest absolute Gasteiger partial charge is 0.298 e. The van der Waals surface area contributed by atoms with Gasteiger partial charge >= 0.3 is 0 Å². The number of halogens is 1. The molecule has 0 saturated heterocycles. The normalized spacial score (nSPS) is 18.5. The van der Waals surface area contributed by atoms with Gasteiger partial charge in [0.1, 0.15) is 5.39 Å². The highest BCUT2D eigenvalue weighted by molar-refractivity contribution is 9.09. The van der Waals surface area contributed by atoms with Crippen molar-refractivity contribution in [1.29, 1.82) is 0 Å². The Morgan fingerprint density at radius 1 is 1.35 bits per heavy atom. The van der Waals surface area contributed by atoms with Crippen LogP contribution in [-0.4, -0.2) is 24.7 Å². The Morgan fingerprint density at radius 2 is 2.10 bits per heavy atom. The third-order valence-electron chi connectivity index (χ3n) is 4.42. The minimum atomic E-state index is 0.0222. The number of aromatic nitrogens is 4. The van der Waals surface area contributed by atoms with E-state index in [0.29, 0.717) is 11.0 Å². The van der Waals surface area contributed by atoms with Gasteiger partial charge < -0.3 is 0 Å². The molecule has 0 unspecified atom stereocenters. The number of nitrogens with zero attached hydrogens (tertiary/aromatic N) is 4. The first-order valence-corrected chi connectivity index (χ1v) is 8.20. The monoisotopic (exact) mass is 338 g/mol. The molecule has 1 saturated carbocycles. The van der Waals surface area contributed by atoms with Crippen LogP contribution in [0.5, 0.6) is 0 Å². The maximum Gasteiger partial charge on any atom is 0.264 e. The second kappa shape index (κ2) is 5.31. The maximum absolute atomic E-state index is 12.5. The Bertz CT molecular complexity index is 669. The lowest BCUT2D eigenvalue weighted by Crippen LogP contribution is -2.35. The van der Waals surface area contributed by atoms with Gasteiger partial charge in [-0.15, -0.1) is 0 Å². The van der Waals surface area contributed by atoms with E-state index in [4.69, 9.17) is 0 Å². The predicted octanol–water partition coefficient (Wildman–Crippen LogP) is 2.48. The van der Waals surface area contributed by atoms with Gasteiger partial charge in [-0.1, -0.05) is 35.2 Å². The standard InChI is InChI=1S/C14H19BrN4O/c1-18-12-11(7-17-18)13(20)19(10-16-12)9-14(8-15)5-3-2-4-6-14/h7,10H,2-6,8-9H2,1H3. The fourth-order valence-corrected chi connectivity index (χ4v) is 3.91. The average molecular weight is 339 g/mol. The van der Waals surface area contributed by atoms with E-state index < -0.39 is 0 Å². The Labute approximate surface area is 126 Å². The second-order valence-corrected chi connectivity index (χ2v) is 6.44. The van der Waals surface area contributed by atoms with E-state index in [9.17, 15) is 4.79 Å². The van der Waals surface area contributed by atoms with Crippen molar-refractivity contribution in [2.75, 3.05) is 5.33 Å². The third kappa shape index (κ3) is 2.30. The minimum Gasteiger partial charge on any atom is -0.298 e. The smallest absolute Gasteiger partial charge is 0.264 e. The van der Waals surface area contributed by atoms with Gasteiger partial charge in [0.25, 0.3) is 5.56 Å². The van der Waals surface area contributed by atoms with E-state index in [0.717, 1.165) is 11.9 Å². The summed E-state index contributed by atoms with van der Waals surface area (Å²) < 4.78 is 3.40. The Kier molecular flexibility index (Phi) is 3.67. The summed E-state index contributed by atoms with van der Waals surface area (Å²) in [5.41, 5.74) is 0.872. The van der Waals surface area contributed by atoms with Crippen LogP contribution in [0.4, 0.5) is 0 Å². The van der Waals surface area contributed by atoms with Gasteiger partial charge in [0.2, 0.25) is 0 Å². The van der Waals surface area contributed by atoms with E-state index in [2.05, 4.69) is 26.0 Å². The highest BCUT2D eigenvalue weighted by Crippen LogP contribution is 2.39. The highest BCUT2D eigenvalue weighted by atomic mass is 79.9. The molecule has 20 heavy (non-hydrogen) atoms. The molecule has 0 amide bonds. The van der Waals surface area contributed by atoms with E-state index in [1.54, 1.807) is 28.8 Å². The van der Waals surface area contributed by atoms with Crippen molar-refractivity contribution in [3.05, 3.63) is 22.9 Å². The van der Waals surface area contributed by atoms with Gasteiger partial charge in [-0.05, 0) is 18.3 Å². The quantitative estimate of drug-likeness (QED) is 0.808. The number of hydrogen-bond acceptors (Lipinski definition) is 3. The van der Waals surface area contributed by atoms with E-state index in [1.165, 1.54) is 32.1 Å². The molecule has 5 nitrogen and oxygen atoms in total. The maximum atomic E-state index is 12.5. The lowest BCUT2D eigenvalue weighted by molar-refractivity contribution is 0.188. The van der Waals surface area contributed by atoms with Crippen LogP contribution in [0.2, 0.25) is 0 Å². The van der Waals surface area contributed by atoms with Gasteiger partial charge in [0.15, 0.2) is 5.65 Å². The van der Waals surface area contributed by atoms with Crippen LogP contribution in [0, 0.1) is 5.41 Å². The zero-order chi connectivity index (χ0) is 14.2. The molecule has 0 N–H and O–H groups in total. The summed E-state index contributed by atoms with van der Waals surface area (Å²) in [6.45, 7) is 0.745. The molecule has 2 aromatic rings. The van der Waals surface area contributed by atoms with E-state index in [-0.39, 0.29) is 11.0 Å². The molecule has 0 bridgehead atoms. The van der Waals surface area contributed by atoms with E-state index in [1.807, 2.05) is 0 Å². The molecule has 1 aliphatic rings. The van der Waals surface area contributed by atoms with Crippen molar-refractivity contribution in [2.24, 2.45) is 12.5 Å². The topological polar surface area (TPSA) is 52.7 Å². The fourth-order valence-electron chi connectivity index (χ4n) is 3.18. The molecule has 1 aliphatic carbocycles. The lowest BCUT2D eigenvalue weighted by Gasteiger charge is -2.36. The van der Waals surface area contributed by atoms with Crippen molar-refractivity contribution in [3.8, 4) is 0 Å². The molecule has 3 rings (SSSR count). The molecule has 0 atom stereocenters. The van der Waals surface area contributed by atoms with Crippen LogP contribution >= 0.6 is 15.9 Å². The predicted molar refractivity (Wildman–Crippen MR) is 82.1 cm³/mol. The molecule has 0 aliphatic heterocycles. The first-order valence-electron chi connectivity index (χ1n) is 7.08. The van der Waals surface area contributed by atoms with E-state index >= 15 is 0 Å². The Hall–Kier alpha value is -1.17. The lowest BCUT2D eigenvalue weighted by atomic mass is 9.75. The van der Waals surface area contributed by atoms with Crippen molar-refractivity contribution >= 4 is 27.0 Å². The summed E-state index contributed by atoms with van der Waals surface area (Å²) >= 11 is 3.65. The summed E-state index contributed by atoms with van der Waals surface area (Å²) in [6, 6.07) is 0. The van der Waals surface area contributed by atoms with Crippen molar-refractivity contribution in [3.63, 3.8) is 0 Å². The van der Waals surface area contributed by atoms with Crippen molar-refractivity contribution in [2.45, 2.75) is 38.6 Å². The molecule has 2 aromatic heterocycles. The van der Waals surface area contributed by atoms with Gasteiger partial charge in [-0.2, -0.15) is 5.10 Å². The van der Waals surface area contributed by atoms with Gasteiger partial charge in [-0.3, -0.25) is 14.0 Å². The summed E-state index contributed by atoms with van der Waals surface area (Å²) in [5.74, 6) is 0. The van der Waals surface area contributed by atoms with Gasteiger partial charge in [0, 0.05) is 18.9 Å². The second-order valence-electron chi connectivity index (χ2n) is 5.88. The SMILES string of the molecule is Cn1ncc2c(=O)n(CC3(CBr)CCCCC3)cnc21. The third-order valence-corrected chi connectivity index (χ3v) is 5.61. The molecular weight excluding hydrogens is 320 g/mol. The molecule has 2 heterocycles. The van der Waals surface area contributed by atoms with Crippen molar-refractivity contribution < 1.29 is 0 Å². The van der Waals surface area contributed by atoms with Crippen LogP contribution < -0.4 is 5.56 Å². The average Bonchev–Trinajstić information content (AvgIpc) is 2.85. The Balaban J connectivity index is 1.98. The number of rotatable bonds is 3. The van der Waals surface area contributed by atoms with Crippen LogP contribution in [0.3, 0.4) is 0 Å². The molecule has 6 heteroatoms. The highest BCUT2D eigenvalue weighted by Gasteiger charge is 2.31. The molecule has 0 aromatic carbocycles. The fraction of sp³-hybridized carbons (Fsp3) is 0.643. The number of hydrogen-bond donors (Lipinski definition) is 0. The number of alkyl halides is 1. The van der Waals surface area contributed by atoms with Gasteiger partial charge in [0.05, 0.1) is 12.5 Å². The first-order chi connectivity index (χ1) is 9.65. The minimum absolute atomic E-state index is 0.0222. The number of aryl methyl sites for hydroxylation is 1. The zero-order valence-corrected chi connectivity index (χ0v) is 13.3. The summed E-state index contributed by atoms with van der Waals surface area (Å²) in [5, 5.41) is 5.66. The first kappa shape index (κ1) is 13.8. The van der Waals surface area contributed by atoms with Crippen LogP contribution in [0.25, 0.3) is 11.0 Å². The summed E-state index contributed by atoms with van der Waals surface area (Å²) in [4.78, 5) is 16.9. The molecule has 0 radical (unpaired) electrons. The molecular formula is C14H19BrN4O. The molecule has 108 valence electrons. The van der Waals surface area contributed by atoms with Crippen LogP contribution in [-0.2, 0) is 13.6 Å². The zero-order valence-electron chi connectivity index (χ0n) is 11.7. The van der Waals surface area contributed by atoms with Crippen LogP contribution in [0.15, 0.2) is 17.3 Å². The van der Waals surface area contributed by atoms with Gasteiger partial charge in [-0.25, -0.2) is 4.98 Å².